The Morgan fingerprint density at radius 1 is 1.00 bits per heavy atom. The summed E-state index contributed by atoms with van der Waals surface area (Å²) in [5.41, 5.74) is 3.42. The van der Waals surface area contributed by atoms with Crippen molar-refractivity contribution in [3.8, 4) is 16.9 Å². The molecular formula is C26H27N3O4S. The van der Waals surface area contributed by atoms with E-state index in [1.807, 2.05) is 43.3 Å². The summed E-state index contributed by atoms with van der Waals surface area (Å²) in [6, 6.07) is 20.7. The van der Waals surface area contributed by atoms with Crippen LogP contribution in [-0.4, -0.2) is 31.3 Å². The Bertz CT molecular complexity index is 1300. The van der Waals surface area contributed by atoms with Gasteiger partial charge in [-0.15, -0.1) is 0 Å². The fourth-order valence-corrected chi connectivity index (χ4v) is 5.05. The molecule has 4 rings (SSSR count). The number of amides is 1. The zero-order valence-corrected chi connectivity index (χ0v) is 19.7. The van der Waals surface area contributed by atoms with Gasteiger partial charge in [0.1, 0.15) is 17.6 Å². The summed E-state index contributed by atoms with van der Waals surface area (Å²) in [6.45, 7) is 2.37. The molecule has 1 heterocycles. The van der Waals surface area contributed by atoms with E-state index in [1.54, 1.807) is 30.3 Å². The molecule has 7 nitrogen and oxygen atoms in total. The number of fused-ring (bicyclic) bond motifs is 1. The predicted octanol–water partition coefficient (Wildman–Crippen LogP) is 3.97. The van der Waals surface area contributed by atoms with E-state index in [2.05, 4.69) is 15.0 Å². The first kappa shape index (κ1) is 23.5. The van der Waals surface area contributed by atoms with E-state index in [1.165, 1.54) is 6.07 Å². The number of hydrogen-bond acceptors (Lipinski definition) is 5. The van der Waals surface area contributed by atoms with Crippen LogP contribution in [0.15, 0.2) is 82.7 Å². The van der Waals surface area contributed by atoms with Crippen LogP contribution >= 0.6 is 0 Å². The Morgan fingerprint density at radius 2 is 1.65 bits per heavy atom. The number of aliphatic imine (C=N–C) groups is 1. The quantitative estimate of drug-likeness (QED) is 0.456. The van der Waals surface area contributed by atoms with Gasteiger partial charge in [-0.1, -0.05) is 68.3 Å². The largest absolute Gasteiger partial charge is 0.508 e. The average Bonchev–Trinajstić information content (AvgIpc) is 3.11. The molecule has 0 bridgehead atoms. The molecule has 8 heteroatoms. The molecule has 1 amide bonds. The number of rotatable bonds is 8. The van der Waals surface area contributed by atoms with Crippen LogP contribution in [0.25, 0.3) is 11.1 Å². The van der Waals surface area contributed by atoms with Crippen LogP contribution in [0.3, 0.4) is 0 Å². The average molecular weight is 478 g/mol. The molecule has 0 saturated heterocycles. The smallest absolute Gasteiger partial charge is 0.263 e. The number of unbranched alkanes of at least 4 members (excludes halogenated alkanes) is 1. The molecule has 3 N–H and O–H groups in total. The number of hydrogen-bond donors (Lipinski definition) is 3. The Hall–Kier alpha value is -3.65. The number of phenolic OH excluding ortho intramolecular Hbond substituents is 1. The number of phenols is 1. The second kappa shape index (κ2) is 10.1. The van der Waals surface area contributed by atoms with Crippen molar-refractivity contribution < 1.29 is 18.3 Å². The Labute approximate surface area is 199 Å². The fourth-order valence-electron chi connectivity index (χ4n) is 3.81. The monoisotopic (exact) mass is 477 g/mol. The first-order valence-electron chi connectivity index (χ1n) is 11.2. The maximum absolute atomic E-state index is 13.0. The third kappa shape index (κ3) is 5.28. The Morgan fingerprint density at radius 3 is 2.32 bits per heavy atom. The molecular weight excluding hydrogens is 450 g/mol. The van der Waals surface area contributed by atoms with Crippen LogP contribution in [0.5, 0.6) is 5.75 Å². The molecule has 0 unspecified atom stereocenters. The molecule has 1 aliphatic heterocycles. The van der Waals surface area contributed by atoms with E-state index in [0.717, 1.165) is 29.5 Å². The SMILES string of the molecule is CCCC[C@@H](N=C1NS(=O)(=O)c2ccccc21)C(=O)NCc1ccc(-c2ccc(O)cc2)cc1. The van der Waals surface area contributed by atoms with Crippen LogP contribution in [0.2, 0.25) is 0 Å². The van der Waals surface area contributed by atoms with Crippen molar-refractivity contribution in [1.29, 1.82) is 0 Å². The summed E-state index contributed by atoms with van der Waals surface area (Å²) < 4.78 is 27.2. The van der Waals surface area contributed by atoms with Crippen molar-refractivity contribution in [2.24, 2.45) is 4.99 Å². The molecule has 0 radical (unpaired) electrons. The van der Waals surface area contributed by atoms with Crippen molar-refractivity contribution in [3.63, 3.8) is 0 Å². The minimum atomic E-state index is -3.66. The molecule has 3 aromatic carbocycles. The molecule has 3 aromatic rings. The van der Waals surface area contributed by atoms with Crippen LogP contribution in [0, 0.1) is 0 Å². The van der Waals surface area contributed by atoms with E-state index in [0.29, 0.717) is 18.5 Å². The summed E-state index contributed by atoms with van der Waals surface area (Å²) in [4.78, 5) is 17.7. The second-order valence-electron chi connectivity index (χ2n) is 8.20. The van der Waals surface area contributed by atoms with Crippen LogP contribution in [-0.2, 0) is 21.4 Å². The molecule has 1 aliphatic rings. The number of sulfonamides is 1. The van der Waals surface area contributed by atoms with E-state index in [4.69, 9.17) is 0 Å². The lowest BCUT2D eigenvalue weighted by molar-refractivity contribution is -0.122. The van der Waals surface area contributed by atoms with Crippen LogP contribution < -0.4 is 10.0 Å². The topological polar surface area (TPSA) is 108 Å². The van der Waals surface area contributed by atoms with E-state index in [9.17, 15) is 18.3 Å². The number of aromatic hydroxyl groups is 1. The van der Waals surface area contributed by atoms with Crippen LogP contribution in [0.1, 0.15) is 37.3 Å². The van der Waals surface area contributed by atoms with Gasteiger partial charge in [0.25, 0.3) is 10.0 Å². The van der Waals surface area contributed by atoms with Crippen molar-refractivity contribution >= 4 is 21.8 Å². The number of nitrogens with zero attached hydrogens (tertiary/aromatic N) is 1. The van der Waals surface area contributed by atoms with Gasteiger partial charge < -0.3 is 10.4 Å². The van der Waals surface area contributed by atoms with Gasteiger partial charge in [-0.25, -0.2) is 8.42 Å². The maximum atomic E-state index is 13.0. The van der Waals surface area contributed by atoms with Crippen molar-refractivity contribution in [2.75, 3.05) is 0 Å². The lowest BCUT2D eigenvalue weighted by Gasteiger charge is -2.14. The van der Waals surface area contributed by atoms with E-state index >= 15 is 0 Å². The Kier molecular flexibility index (Phi) is 6.98. The third-order valence-corrected chi connectivity index (χ3v) is 7.10. The molecule has 0 aliphatic carbocycles. The van der Waals surface area contributed by atoms with Gasteiger partial charge in [0.2, 0.25) is 5.91 Å². The second-order valence-corrected chi connectivity index (χ2v) is 9.85. The van der Waals surface area contributed by atoms with Crippen molar-refractivity contribution in [3.05, 3.63) is 83.9 Å². The van der Waals surface area contributed by atoms with Crippen molar-refractivity contribution in [1.82, 2.24) is 10.0 Å². The maximum Gasteiger partial charge on any atom is 0.263 e. The Balaban J connectivity index is 1.46. The highest BCUT2D eigenvalue weighted by molar-refractivity contribution is 7.90. The summed E-state index contributed by atoms with van der Waals surface area (Å²) in [5.74, 6) is 0.190. The molecule has 0 saturated carbocycles. The van der Waals surface area contributed by atoms with Gasteiger partial charge in [0, 0.05) is 12.1 Å². The first-order valence-corrected chi connectivity index (χ1v) is 12.7. The molecule has 0 fully saturated rings. The van der Waals surface area contributed by atoms with Gasteiger partial charge in [-0.3, -0.25) is 14.5 Å². The minimum Gasteiger partial charge on any atom is -0.508 e. The number of benzene rings is 3. The van der Waals surface area contributed by atoms with Gasteiger partial charge in [-0.2, -0.15) is 0 Å². The third-order valence-electron chi connectivity index (χ3n) is 5.70. The predicted molar refractivity (Wildman–Crippen MR) is 132 cm³/mol. The summed E-state index contributed by atoms with van der Waals surface area (Å²) >= 11 is 0. The van der Waals surface area contributed by atoms with Gasteiger partial charge in [-0.05, 0) is 47.4 Å². The highest BCUT2D eigenvalue weighted by atomic mass is 32.2. The molecule has 0 aromatic heterocycles. The van der Waals surface area contributed by atoms with Crippen molar-refractivity contribution in [2.45, 2.75) is 43.7 Å². The number of amidine groups is 1. The zero-order chi connectivity index (χ0) is 24.1. The van der Waals surface area contributed by atoms with E-state index < -0.39 is 16.1 Å². The molecule has 0 spiro atoms. The van der Waals surface area contributed by atoms with E-state index in [-0.39, 0.29) is 22.4 Å². The van der Waals surface area contributed by atoms with Gasteiger partial charge in [0.15, 0.2) is 0 Å². The number of carbonyl (C=O) groups excluding carboxylic acids is 1. The highest BCUT2D eigenvalue weighted by Gasteiger charge is 2.31. The highest BCUT2D eigenvalue weighted by Crippen LogP contribution is 2.24. The number of nitrogens with one attached hydrogen (secondary N) is 2. The molecule has 34 heavy (non-hydrogen) atoms. The van der Waals surface area contributed by atoms with Gasteiger partial charge in [0.05, 0.1) is 4.90 Å². The molecule has 1 atom stereocenters. The van der Waals surface area contributed by atoms with Crippen LogP contribution in [0.4, 0.5) is 0 Å². The standard InChI is InChI=1S/C26H27N3O4S/c1-2-3-7-23(28-25-22-6-4-5-8-24(22)34(32,33)29-25)26(31)27-17-18-9-11-19(12-10-18)20-13-15-21(30)16-14-20/h4-6,8-16,23,30H,2-3,7,17H2,1H3,(H,27,31)(H,28,29)/t23-/m1/s1. The first-order chi connectivity index (χ1) is 16.4. The summed E-state index contributed by atoms with van der Waals surface area (Å²) in [6.07, 6.45) is 2.22. The number of carbonyl (C=O) groups is 1. The lowest BCUT2D eigenvalue weighted by Crippen LogP contribution is -2.35. The summed E-state index contributed by atoms with van der Waals surface area (Å²) in [5, 5.41) is 12.4. The summed E-state index contributed by atoms with van der Waals surface area (Å²) in [7, 11) is -3.66. The molecule has 176 valence electrons. The fraction of sp³-hybridized carbons (Fsp3) is 0.231. The van der Waals surface area contributed by atoms with Gasteiger partial charge >= 0.3 is 0 Å². The zero-order valence-electron chi connectivity index (χ0n) is 18.9. The lowest BCUT2D eigenvalue weighted by atomic mass is 10.0. The normalized spacial score (nSPS) is 16.0. The minimum absolute atomic E-state index is 0.178.